The summed E-state index contributed by atoms with van der Waals surface area (Å²) >= 11 is 0. The topological polar surface area (TPSA) is 33.2 Å². The van der Waals surface area contributed by atoms with Crippen LogP contribution in [-0.2, 0) is 4.79 Å². The Balaban J connectivity index is 1.95. The van der Waals surface area contributed by atoms with Gasteiger partial charge < -0.3 is 0 Å². The molecule has 0 unspecified atom stereocenters. The van der Waals surface area contributed by atoms with Gasteiger partial charge in [-0.05, 0) is 62.7 Å². The minimum absolute atomic E-state index is 0.776. The van der Waals surface area contributed by atoms with E-state index in [1.807, 2.05) is 18.2 Å². The third-order valence-electron chi connectivity index (χ3n) is 4.51. The van der Waals surface area contributed by atoms with E-state index in [4.69, 9.17) is 4.98 Å². The van der Waals surface area contributed by atoms with Gasteiger partial charge in [-0.15, -0.1) is 0 Å². The Morgan fingerprint density at radius 1 is 1.12 bits per heavy atom. The van der Waals surface area contributed by atoms with E-state index >= 15 is 0 Å². The lowest BCUT2D eigenvalue weighted by Gasteiger charge is -2.14. The van der Waals surface area contributed by atoms with Crippen molar-refractivity contribution < 1.29 is 4.79 Å². The number of carbonyl (C=O) groups is 1. The van der Waals surface area contributed by atoms with Crippen LogP contribution in [0.3, 0.4) is 0 Å². The molecule has 0 saturated carbocycles. The molecule has 0 radical (unpaired) electrons. The fourth-order valence-corrected chi connectivity index (χ4v) is 3.12. The van der Waals surface area contributed by atoms with Crippen molar-refractivity contribution in [3.05, 3.63) is 77.1 Å². The molecule has 3 nitrogen and oxygen atoms in total. The lowest BCUT2D eigenvalue weighted by molar-refractivity contribution is -0.104. The van der Waals surface area contributed by atoms with E-state index in [9.17, 15) is 4.79 Å². The predicted octanol–water partition coefficient (Wildman–Crippen LogP) is 4.13. The molecule has 3 heteroatoms. The quantitative estimate of drug-likeness (QED) is 0.589. The number of hydrogen-bond donors (Lipinski definition) is 0. The molecule has 0 aliphatic carbocycles. The first kappa shape index (κ1) is 17.3. The zero-order chi connectivity index (χ0) is 17.5. The smallest absolute Gasteiger partial charge is 0.142 e. The van der Waals surface area contributed by atoms with Gasteiger partial charge in [0.2, 0.25) is 0 Å². The SMILES string of the molecule is Cc1ccc(C(=CCN2CCCC2)c2cccc(/C=C/C=O)n2)cc1. The Labute approximate surface area is 149 Å². The molecule has 3 rings (SSSR count). The van der Waals surface area contributed by atoms with Crippen LogP contribution < -0.4 is 0 Å². The summed E-state index contributed by atoms with van der Waals surface area (Å²) in [6.07, 6.45) is 8.86. The van der Waals surface area contributed by atoms with Gasteiger partial charge >= 0.3 is 0 Å². The summed E-state index contributed by atoms with van der Waals surface area (Å²) in [7, 11) is 0. The van der Waals surface area contributed by atoms with Crippen LogP contribution >= 0.6 is 0 Å². The first-order valence-electron chi connectivity index (χ1n) is 8.85. The van der Waals surface area contributed by atoms with E-state index in [0.717, 1.165) is 29.8 Å². The maximum atomic E-state index is 10.6. The molecule has 1 aromatic heterocycles. The van der Waals surface area contributed by atoms with Crippen molar-refractivity contribution in [1.29, 1.82) is 0 Å². The molecule has 0 spiro atoms. The van der Waals surface area contributed by atoms with Crippen molar-refractivity contribution in [2.24, 2.45) is 0 Å². The van der Waals surface area contributed by atoms with Crippen LogP contribution in [-0.4, -0.2) is 35.8 Å². The average Bonchev–Trinajstić information content (AvgIpc) is 3.15. The fourth-order valence-electron chi connectivity index (χ4n) is 3.12. The number of hydrogen-bond acceptors (Lipinski definition) is 3. The van der Waals surface area contributed by atoms with E-state index in [1.54, 1.807) is 6.08 Å². The van der Waals surface area contributed by atoms with Crippen LogP contribution in [0.4, 0.5) is 0 Å². The average molecular weight is 332 g/mol. The van der Waals surface area contributed by atoms with Crippen LogP contribution in [0, 0.1) is 6.92 Å². The van der Waals surface area contributed by atoms with E-state index in [1.165, 1.54) is 43.1 Å². The number of aldehydes is 1. The molecule has 25 heavy (non-hydrogen) atoms. The summed E-state index contributed by atoms with van der Waals surface area (Å²) in [5.74, 6) is 0. The number of carbonyl (C=O) groups excluding carboxylic acids is 1. The van der Waals surface area contributed by atoms with E-state index in [2.05, 4.69) is 42.2 Å². The highest BCUT2D eigenvalue weighted by molar-refractivity contribution is 5.79. The van der Waals surface area contributed by atoms with Gasteiger partial charge in [0.25, 0.3) is 0 Å². The van der Waals surface area contributed by atoms with E-state index in [0.29, 0.717) is 0 Å². The Morgan fingerprint density at radius 2 is 1.88 bits per heavy atom. The largest absolute Gasteiger partial charge is 0.300 e. The van der Waals surface area contributed by atoms with Crippen molar-refractivity contribution in [3.63, 3.8) is 0 Å². The molecular weight excluding hydrogens is 308 g/mol. The molecule has 1 fully saturated rings. The summed E-state index contributed by atoms with van der Waals surface area (Å²) < 4.78 is 0. The lowest BCUT2D eigenvalue weighted by atomic mass is 10.00. The first-order chi connectivity index (χ1) is 12.3. The number of nitrogens with zero attached hydrogens (tertiary/aromatic N) is 2. The Kier molecular flexibility index (Phi) is 5.91. The van der Waals surface area contributed by atoms with Crippen molar-refractivity contribution >= 4 is 17.9 Å². The Bertz CT molecular complexity index is 769. The summed E-state index contributed by atoms with van der Waals surface area (Å²) in [6, 6.07) is 14.5. The molecule has 2 heterocycles. The number of rotatable bonds is 6. The summed E-state index contributed by atoms with van der Waals surface area (Å²) in [4.78, 5) is 17.8. The van der Waals surface area contributed by atoms with Gasteiger partial charge in [0.05, 0.1) is 11.4 Å². The van der Waals surface area contributed by atoms with Gasteiger partial charge in [-0.25, -0.2) is 4.98 Å². The zero-order valence-electron chi connectivity index (χ0n) is 14.7. The molecule has 2 aromatic rings. The number of pyridine rings is 1. The maximum Gasteiger partial charge on any atom is 0.142 e. The van der Waals surface area contributed by atoms with Crippen LogP contribution in [0.2, 0.25) is 0 Å². The molecule has 1 saturated heterocycles. The van der Waals surface area contributed by atoms with Crippen molar-refractivity contribution in [2.75, 3.05) is 19.6 Å². The maximum absolute atomic E-state index is 10.6. The normalized spacial score (nSPS) is 15.8. The molecule has 1 aromatic carbocycles. The minimum Gasteiger partial charge on any atom is -0.300 e. The van der Waals surface area contributed by atoms with Crippen molar-refractivity contribution in [2.45, 2.75) is 19.8 Å². The third-order valence-corrected chi connectivity index (χ3v) is 4.51. The summed E-state index contributed by atoms with van der Waals surface area (Å²) in [6.45, 7) is 5.39. The molecule has 128 valence electrons. The van der Waals surface area contributed by atoms with Gasteiger partial charge in [0.15, 0.2) is 0 Å². The molecule has 1 aliphatic heterocycles. The van der Waals surface area contributed by atoms with Crippen molar-refractivity contribution in [1.82, 2.24) is 9.88 Å². The predicted molar refractivity (Wildman–Crippen MR) is 103 cm³/mol. The third kappa shape index (κ3) is 4.74. The monoisotopic (exact) mass is 332 g/mol. The summed E-state index contributed by atoms with van der Waals surface area (Å²) in [5.41, 5.74) is 5.31. The number of likely N-dealkylation sites (tertiary alicyclic amines) is 1. The highest BCUT2D eigenvalue weighted by Crippen LogP contribution is 2.23. The van der Waals surface area contributed by atoms with Gasteiger partial charge in [-0.2, -0.15) is 0 Å². The van der Waals surface area contributed by atoms with Crippen LogP contribution in [0.25, 0.3) is 11.6 Å². The lowest BCUT2D eigenvalue weighted by Crippen LogP contribution is -2.19. The Morgan fingerprint density at radius 3 is 2.60 bits per heavy atom. The zero-order valence-corrected chi connectivity index (χ0v) is 14.7. The first-order valence-corrected chi connectivity index (χ1v) is 8.85. The van der Waals surface area contributed by atoms with Crippen LogP contribution in [0.5, 0.6) is 0 Å². The number of aromatic nitrogens is 1. The number of benzene rings is 1. The molecule has 1 aliphatic rings. The standard InChI is InChI=1S/C22H24N2O/c1-18-9-11-19(12-10-18)21(13-16-24-14-2-3-15-24)22-8-4-6-20(23-22)7-5-17-25/h4-13,17H,2-3,14-16H2,1H3/b7-5+,21-13?. The summed E-state index contributed by atoms with van der Waals surface area (Å²) in [5, 5.41) is 0. The van der Waals surface area contributed by atoms with Gasteiger partial charge in [-0.1, -0.05) is 42.0 Å². The van der Waals surface area contributed by atoms with Gasteiger partial charge in [0.1, 0.15) is 6.29 Å². The molecular formula is C22H24N2O. The van der Waals surface area contributed by atoms with Crippen LogP contribution in [0.15, 0.2) is 54.6 Å². The second-order valence-corrected chi connectivity index (χ2v) is 6.43. The molecule has 0 bridgehead atoms. The van der Waals surface area contributed by atoms with Gasteiger partial charge in [0, 0.05) is 12.1 Å². The second kappa shape index (κ2) is 8.54. The van der Waals surface area contributed by atoms with Gasteiger partial charge in [-0.3, -0.25) is 9.69 Å². The number of allylic oxidation sites excluding steroid dienone is 1. The number of aryl methyl sites for hydroxylation is 1. The van der Waals surface area contributed by atoms with E-state index < -0.39 is 0 Å². The van der Waals surface area contributed by atoms with E-state index in [-0.39, 0.29) is 0 Å². The van der Waals surface area contributed by atoms with Crippen LogP contribution in [0.1, 0.15) is 35.4 Å². The highest BCUT2D eigenvalue weighted by atomic mass is 16.1. The second-order valence-electron chi connectivity index (χ2n) is 6.43. The minimum atomic E-state index is 0.776. The fraction of sp³-hybridized carbons (Fsp3) is 0.273. The molecule has 0 amide bonds. The molecule has 0 N–H and O–H groups in total. The molecule has 0 atom stereocenters. The van der Waals surface area contributed by atoms with Crippen molar-refractivity contribution in [3.8, 4) is 0 Å². The Hall–Kier alpha value is -2.52. The highest BCUT2D eigenvalue weighted by Gasteiger charge is 2.12.